The average molecular weight is 192 g/mol. The van der Waals surface area contributed by atoms with Gasteiger partial charge in [-0.05, 0) is 12.1 Å². The van der Waals surface area contributed by atoms with E-state index in [0.717, 1.165) is 0 Å². The molecule has 0 atom stereocenters. The molecule has 1 aromatic heterocycles. The summed E-state index contributed by atoms with van der Waals surface area (Å²) in [5.41, 5.74) is 10.2. The molecule has 0 aromatic carbocycles. The first kappa shape index (κ1) is 8.30. The van der Waals surface area contributed by atoms with Crippen LogP contribution in [0, 0.1) is 0 Å². The largest absolute Gasteiger partial charge is 0.363 e. The molecule has 2 rings (SSSR count). The highest BCUT2D eigenvalue weighted by atomic mass is 16.2. The van der Waals surface area contributed by atoms with E-state index in [9.17, 15) is 4.79 Å². The van der Waals surface area contributed by atoms with Gasteiger partial charge in [0.15, 0.2) is 5.82 Å². The minimum atomic E-state index is -0.629. The van der Waals surface area contributed by atoms with Gasteiger partial charge >= 0.3 is 0 Å². The molecule has 1 aromatic rings. The predicted octanol–water partition coefficient (Wildman–Crippen LogP) is -1.29. The van der Waals surface area contributed by atoms with E-state index in [-0.39, 0.29) is 5.84 Å². The Labute approximate surface area is 79.5 Å². The number of hydrogen-bond donors (Lipinski definition) is 3. The molecule has 1 amide bonds. The summed E-state index contributed by atoms with van der Waals surface area (Å²) < 4.78 is 0. The van der Waals surface area contributed by atoms with Crippen LogP contribution >= 0.6 is 0 Å². The first-order chi connectivity index (χ1) is 6.77. The number of hydrazine groups is 2. The molecule has 1 aliphatic heterocycles. The maximum absolute atomic E-state index is 10.7. The summed E-state index contributed by atoms with van der Waals surface area (Å²) in [5, 5.41) is 5.05. The molecule has 0 saturated carbocycles. The number of aromatic nitrogens is 1. The number of amidine groups is 1. The Morgan fingerprint density at radius 2 is 2.36 bits per heavy atom. The molecule has 7 heteroatoms. The lowest BCUT2D eigenvalue weighted by atomic mass is 10.5. The maximum Gasteiger partial charge on any atom is 0.287 e. The normalized spacial score (nSPS) is 14.3. The first-order valence-electron chi connectivity index (χ1n) is 3.88. The number of nitrogens with two attached hydrogens (primary N) is 1. The molecule has 0 fully saturated rings. The number of hydrogen-bond acceptors (Lipinski definition) is 6. The number of amides is 1. The second kappa shape index (κ2) is 3.21. The van der Waals surface area contributed by atoms with E-state index in [1.165, 1.54) is 5.12 Å². The quantitative estimate of drug-likeness (QED) is 0.541. The number of anilines is 1. The van der Waals surface area contributed by atoms with Gasteiger partial charge in [-0.1, -0.05) is 6.07 Å². The van der Waals surface area contributed by atoms with Gasteiger partial charge in [0.25, 0.3) is 5.91 Å². The molecule has 1 aliphatic rings. The van der Waals surface area contributed by atoms with Gasteiger partial charge in [-0.25, -0.2) is 4.98 Å². The van der Waals surface area contributed by atoms with E-state index >= 15 is 0 Å². The van der Waals surface area contributed by atoms with Gasteiger partial charge in [0.1, 0.15) is 0 Å². The number of hydrazone groups is 1. The summed E-state index contributed by atoms with van der Waals surface area (Å²) in [6.45, 7) is 0. The van der Waals surface area contributed by atoms with E-state index < -0.39 is 5.91 Å². The van der Waals surface area contributed by atoms with Gasteiger partial charge in [0, 0.05) is 6.20 Å². The minimum Gasteiger partial charge on any atom is -0.363 e. The van der Waals surface area contributed by atoms with Crippen LogP contribution in [0.2, 0.25) is 0 Å². The second-order valence-corrected chi connectivity index (χ2v) is 2.56. The molecular weight excluding hydrogens is 184 g/mol. The van der Waals surface area contributed by atoms with Gasteiger partial charge < -0.3 is 5.73 Å². The van der Waals surface area contributed by atoms with E-state index in [1.807, 2.05) is 6.07 Å². The molecule has 7 nitrogen and oxygen atoms in total. The maximum atomic E-state index is 10.7. The fraction of sp³-hybridized carbons (Fsp3) is 0. The molecule has 0 aliphatic carbocycles. The lowest BCUT2D eigenvalue weighted by Crippen LogP contribution is -2.45. The lowest BCUT2D eigenvalue weighted by molar-refractivity contribution is -0.112. The third-order valence-corrected chi connectivity index (χ3v) is 1.59. The van der Waals surface area contributed by atoms with Crippen molar-refractivity contribution in [2.75, 3.05) is 5.12 Å². The Bertz CT molecular complexity index is 375. The number of nitrogens with one attached hydrogen (secondary N) is 2. The lowest BCUT2D eigenvalue weighted by Gasteiger charge is -2.15. The van der Waals surface area contributed by atoms with Crippen LogP contribution in [0.3, 0.4) is 0 Å². The smallest absolute Gasteiger partial charge is 0.287 e. The van der Waals surface area contributed by atoms with Gasteiger partial charge in [-0.2, -0.15) is 10.7 Å². The van der Waals surface area contributed by atoms with Crippen molar-refractivity contribution in [1.82, 2.24) is 15.9 Å². The van der Waals surface area contributed by atoms with Crippen LogP contribution < -0.4 is 21.8 Å². The molecule has 0 unspecified atom stereocenters. The number of carbonyl (C=O) groups is 1. The number of nitrogens with zero attached hydrogens (tertiary/aromatic N) is 3. The van der Waals surface area contributed by atoms with Gasteiger partial charge in [-0.15, -0.1) is 5.10 Å². The fourth-order valence-corrected chi connectivity index (χ4v) is 0.961. The fourth-order valence-electron chi connectivity index (χ4n) is 0.961. The van der Waals surface area contributed by atoms with Crippen LogP contribution in [0.4, 0.5) is 5.82 Å². The van der Waals surface area contributed by atoms with Crippen LogP contribution in [0.15, 0.2) is 29.5 Å². The highest BCUT2D eigenvalue weighted by Gasteiger charge is 2.19. The van der Waals surface area contributed by atoms with Crippen molar-refractivity contribution >= 4 is 17.6 Å². The zero-order valence-corrected chi connectivity index (χ0v) is 7.14. The standard InChI is InChI=1S/C7H8N6O/c8-6(14)7-10-12-13(11-7)5-3-1-2-4-9-5/h1-4,12H,(H2,8,14)(H,10,11). The summed E-state index contributed by atoms with van der Waals surface area (Å²) in [6, 6.07) is 5.35. The molecule has 4 N–H and O–H groups in total. The molecule has 0 bridgehead atoms. The molecule has 0 saturated heterocycles. The minimum absolute atomic E-state index is 0.0515. The zero-order valence-electron chi connectivity index (χ0n) is 7.14. The SMILES string of the molecule is NC(=O)C1=NNN(c2ccccn2)N1. The topological polar surface area (TPSA) is 95.6 Å². The van der Waals surface area contributed by atoms with Crippen molar-refractivity contribution < 1.29 is 4.79 Å². The zero-order chi connectivity index (χ0) is 9.97. The highest BCUT2D eigenvalue weighted by molar-refractivity contribution is 6.37. The molecule has 0 spiro atoms. The number of rotatable bonds is 2. The molecule has 72 valence electrons. The van der Waals surface area contributed by atoms with Crippen LogP contribution in [-0.4, -0.2) is 16.7 Å². The third-order valence-electron chi connectivity index (χ3n) is 1.59. The third kappa shape index (κ3) is 1.42. The first-order valence-corrected chi connectivity index (χ1v) is 3.88. The Balaban J connectivity index is 2.10. The van der Waals surface area contributed by atoms with Crippen LogP contribution in [-0.2, 0) is 4.79 Å². The van der Waals surface area contributed by atoms with Crippen molar-refractivity contribution in [3.8, 4) is 0 Å². The summed E-state index contributed by atoms with van der Waals surface area (Å²) in [5.74, 6) is 0.0130. The van der Waals surface area contributed by atoms with Gasteiger partial charge in [0.05, 0.1) is 0 Å². The van der Waals surface area contributed by atoms with E-state index in [0.29, 0.717) is 5.82 Å². The summed E-state index contributed by atoms with van der Waals surface area (Å²) >= 11 is 0. The Kier molecular flexibility index (Phi) is 1.90. The summed E-state index contributed by atoms with van der Waals surface area (Å²) in [6.07, 6.45) is 1.63. The van der Waals surface area contributed by atoms with Crippen molar-refractivity contribution in [2.45, 2.75) is 0 Å². The second-order valence-electron chi connectivity index (χ2n) is 2.56. The molecule has 14 heavy (non-hydrogen) atoms. The Morgan fingerprint density at radius 1 is 1.50 bits per heavy atom. The number of carbonyl (C=O) groups excluding carboxylic acids is 1. The van der Waals surface area contributed by atoms with Crippen molar-refractivity contribution in [1.29, 1.82) is 0 Å². The monoisotopic (exact) mass is 192 g/mol. The van der Waals surface area contributed by atoms with Gasteiger partial charge in [-0.3, -0.25) is 10.2 Å². The Hall–Kier alpha value is -2.31. The van der Waals surface area contributed by atoms with E-state index in [1.54, 1.807) is 18.3 Å². The van der Waals surface area contributed by atoms with Crippen LogP contribution in [0.5, 0.6) is 0 Å². The van der Waals surface area contributed by atoms with Crippen LogP contribution in [0.1, 0.15) is 0 Å². The highest BCUT2D eigenvalue weighted by Crippen LogP contribution is 2.05. The van der Waals surface area contributed by atoms with Crippen molar-refractivity contribution in [2.24, 2.45) is 10.8 Å². The Morgan fingerprint density at radius 3 is 2.93 bits per heavy atom. The molecular formula is C7H8N6O. The number of pyridine rings is 1. The van der Waals surface area contributed by atoms with Crippen LogP contribution in [0.25, 0.3) is 0 Å². The average Bonchev–Trinajstić information content (AvgIpc) is 2.68. The number of primary amides is 1. The van der Waals surface area contributed by atoms with E-state index in [2.05, 4.69) is 21.0 Å². The molecule has 2 heterocycles. The summed E-state index contributed by atoms with van der Waals surface area (Å²) in [7, 11) is 0. The predicted molar refractivity (Wildman–Crippen MR) is 49.6 cm³/mol. The summed E-state index contributed by atoms with van der Waals surface area (Å²) in [4.78, 5) is 14.8. The molecule has 0 radical (unpaired) electrons. The van der Waals surface area contributed by atoms with Gasteiger partial charge in [0.2, 0.25) is 5.84 Å². The van der Waals surface area contributed by atoms with Crippen molar-refractivity contribution in [3.05, 3.63) is 24.4 Å². The van der Waals surface area contributed by atoms with Crippen molar-refractivity contribution in [3.63, 3.8) is 0 Å². The van der Waals surface area contributed by atoms with E-state index in [4.69, 9.17) is 5.73 Å².